The number of hydrogen-bond acceptors (Lipinski definition) is 1. The summed E-state index contributed by atoms with van der Waals surface area (Å²) in [6.45, 7) is 7.68. The fourth-order valence-corrected chi connectivity index (χ4v) is 3.61. The Kier molecular flexibility index (Phi) is 5.26. The molecule has 1 fully saturated rings. The Bertz CT molecular complexity index is 399. The third-order valence-corrected chi connectivity index (χ3v) is 4.90. The Labute approximate surface area is 125 Å². The average molecular weight is 273 g/mol. The maximum absolute atomic E-state index is 5.83. The molecule has 0 bridgehead atoms. The highest BCUT2D eigenvalue weighted by Crippen LogP contribution is 2.38. The first-order chi connectivity index (χ1) is 9.52. The topological polar surface area (TPSA) is 26.0 Å². The van der Waals surface area contributed by atoms with E-state index >= 15 is 0 Å². The SMILES string of the molecule is CC(C)(C)c1ccc(C2CCCCCC2CCN)cc1. The number of rotatable bonds is 3. The van der Waals surface area contributed by atoms with Crippen LogP contribution in [0.3, 0.4) is 0 Å². The molecular formula is C19H31N. The third kappa shape index (κ3) is 3.85. The maximum Gasteiger partial charge on any atom is -0.00744 e. The van der Waals surface area contributed by atoms with E-state index in [1.165, 1.54) is 44.1 Å². The minimum absolute atomic E-state index is 0.249. The Balaban J connectivity index is 2.18. The zero-order valence-corrected chi connectivity index (χ0v) is 13.5. The Hall–Kier alpha value is -0.820. The van der Waals surface area contributed by atoms with E-state index in [-0.39, 0.29) is 5.41 Å². The first kappa shape index (κ1) is 15.6. The van der Waals surface area contributed by atoms with E-state index in [2.05, 4.69) is 45.0 Å². The van der Waals surface area contributed by atoms with Crippen molar-refractivity contribution in [2.24, 2.45) is 11.7 Å². The molecule has 0 radical (unpaired) electrons. The van der Waals surface area contributed by atoms with E-state index in [9.17, 15) is 0 Å². The summed E-state index contributed by atoms with van der Waals surface area (Å²) in [5.41, 5.74) is 9.06. The van der Waals surface area contributed by atoms with Crippen LogP contribution in [0.4, 0.5) is 0 Å². The van der Waals surface area contributed by atoms with Crippen molar-refractivity contribution in [1.82, 2.24) is 0 Å². The molecule has 2 N–H and O–H groups in total. The summed E-state index contributed by atoms with van der Waals surface area (Å²) in [5.74, 6) is 1.53. The number of benzene rings is 1. The molecule has 0 spiro atoms. The van der Waals surface area contributed by atoms with Gasteiger partial charge in [-0.05, 0) is 54.2 Å². The molecule has 1 aromatic carbocycles. The lowest BCUT2D eigenvalue weighted by molar-refractivity contribution is 0.378. The molecule has 0 saturated heterocycles. The molecular weight excluding hydrogens is 242 g/mol. The molecule has 2 unspecified atom stereocenters. The van der Waals surface area contributed by atoms with Crippen molar-refractivity contribution in [2.75, 3.05) is 6.54 Å². The van der Waals surface area contributed by atoms with Gasteiger partial charge in [-0.3, -0.25) is 0 Å². The highest BCUT2D eigenvalue weighted by molar-refractivity contribution is 5.30. The average Bonchev–Trinajstić information content (AvgIpc) is 2.64. The van der Waals surface area contributed by atoms with Gasteiger partial charge in [-0.2, -0.15) is 0 Å². The van der Waals surface area contributed by atoms with Gasteiger partial charge in [-0.1, -0.05) is 64.3 Å². The smallest absolute Gasteiger partial charge is 0.00744 e. The van der Waals surface area contributed by atoms with E-state index in [1.54, 1.807) is 5.56 Å². The fourth-order valence-electron chi connectivity index (χ4n) is 3.61. The van der Waals surface area contributed by atoms with Crippen molar-refractivity contribution in [1.29, 1.82) is 0 Å². The van der Waals surface area contributed by atoms with Crippen LogP contribution in [0.25, 0.3) is 0 Å². The van der Waals surface area contributed by atoms with Gasteiger partial charge in [0.2, 0.25) is 0 Å². The van der Waals surface area contributed by atoms with Gasteiger partial charge in [-0.15, -0.1) is 0 Å². The molecule has 0 aliphatic heterocycles. The fraction of sp³-hybridized carbons (Fsp3) is 0.684. The second kappa shape index (κ2) is 6.76. The molecule has 0 heterocycles. The van der Waals surface area contributed by atoms with Gasteiger partial charge in [0.15, 0.2) is 0 Å². The molecule has 1 aliphatic carbocycles. The van der Waals surface area contributed by atoms with Gasteiger partial charge in [0.05, 0.1) is 0 Å². The van der Waals surface area contributed by atoms with E-state index < -0.39 is 0 Å². The second-order valence-electron chi connectivity index (χ2n) is 7.45. The highest BCUT2D eigenvalue weighted by Gasteiger charge is 2.25. The summed E-state index contributed by atoms with van der Waals surface area (Å²) >= 11 is 0. The quantitative estimate of drug-likeness (QED) is 0.771. The normalized spacial score (nSPS) is 24.4. The van der Waals surface area contributed by atoms with Crippen molar-refractivity contribution < 1.29 is 0 Å². The van der Waals surface area contributed by atoms with Crippen molar-refractivity contribution in [2.45, 2.75) is 70.6 Å². The summed E-state index contributed by atoms with van der Waals surface area (Å²) < 4.78 is 0. The maximum atomic E-state index is 5.83. The predicted molar refractivity (Wildman–Crippen MR) is 88.1 cm³/mol. The highest BCUT2D eigenvalue weighted by atomic mass is 14.5. The zero-order chi connectivity index (χ0) is 14.6. The second-order valence-corrected chi connectivity index (χ2v) is 7.45. The molecule has 1 aromatic rings. The van der Waals surface area contributed by atoms with Gasteiger partial charge >= 0.3 is 0 Å². The van der Waals surface area contributed by atoms with Crippen LogP contribution in [0.2, 0.25) is 0 Å². The standard InChI is InChI=1S/C19H31N/c1-19(2,3)17-11-9-16(10-12-17)18-8-6-4-5-7-15(18)13-14-20/h9-12,15,18H,4-8,13-14,20H2,1-3H3. The van der Waals surface area contributed by atoms with Crippen LogP contribution >= 0.6 is 0 Å². The minimum atomic E-state index is 0.249. The van der Waals surface area contributed by atoms with Gasteiger partial charge in [0, 0.05) is 0 Å². The molecule has 0 amide bonds. The van der Waals surface area contributed by atoms with Crippen LogP contribution in [0.5, 0.6) is 0 Å². The summed E-state index contributed by atoms with van der Waals surface area (Å²) in [4.78, 5) is 0. The molecule has 20 heavy (non-hydrogen) atoms. The first-order valence-corrected chi connectivity index (χ1v) is 8.33. The molecule has 2 atom stereocenters. The van der Waals surface area contributed by atoms with Gasteiger partial charge < -0.3 is 5.73 Å². The lowest BCUT2D eigenvalue weighted by atomic mass is 9.79. The van der Waals surface area contributed by atoms with E-state index in [4.69, 9.17) is 5.73 Å². The van der Waals surface area contributed by atoms with E-state index in [0.29, 0.717) is 0 Å². The van der Waals surface area contributed by atoms with Crippen molar-refractivity contribution in [3.05, 3.63) is 35.4 Å². The van der Waals surface area contributed by atoms with Gasteiger partial charge in [-0.25, -0.2) is 0 Å². The molecule has 1 aliphatic rings. The predicted octanol–water partition coefficient (Wildman–Crippen LogP) is 5.00. The molecule has 2 rings (SSSR count). The monoisotopic (exact) mass is 273 g/mol. The van der Waals surface area contributed by atoms with Crippen LogP contribution in [0, 0.1) is 5.92 Å². The number of hydrogen-bond donors (Lipinski definition) is 1. The number of nitrogens with two attached hydrogens (primary N) is 1. The van der Waals surface area contributed by atoms with Crippen LogP contribution in [-0.2, 0) is 5.41 Å². The van der Waals surface area contributed by atoms with Crippen LogP contribution in [-0.4, -0.2) is 6.54 Å². The lowest BCUT2D eigenvalue weighted by Gasteiger charge is -2.26. The van der Waals surface area contributed by atoms with Gasteiger partial charge in [0.25, 0.3) is 0 Å². The molecule has 1 nitrogen and oxygen atoms in total. The summed E-state index contributed by atoms with van der Waals surface area (Å²) in [5, 5.41) is 0. The lowest BCUT2D eigenvalue weighted by Crippen LogP contribution is -2.17. The molecule has 112 valence electrons. The summed E-state index contributed by atoms with van der Waals surface area (Å²) in [7, 11) is 0. The van der Waals surface area contributed by atoms with E-state index in [0.717, 1.165) is 18.4 Å². The third-order valence-electron chi connectivity index (χ3n) is 4.90. The summed E-state index contributed by atoms with van der Waals surface area (Å²) in [6, 6.07) is 9.42. The Morgan fingerprint density at radius 2 is 1.65 bits per heavy atom. The van der Waals surface area contributed by atoms with Crippen LogP contribution in [0.1, 0.15) is 76.3 Å². The van der Waals surface area contributed by atoms with Crippen LogP contribution < -0.4 is 5.73 Å². The van der Waals surface area contributed by atoms with Crippen LogP contribution in [0.15, 0.2) is 24.3 Å². The Morgan fingerprint density at radius 1 is 1.00 bits per heavy atom. The van der Waals surface area contributed by atoms with Crippen molar-refractivity contribution in [3.63, 3.8) is 0 Å². The Morgan fingerprint density at radius 3 is 2.25 bits per heavy atom. The first-order valence-electron chi connectivity index (χ1n) is 8.33. The molecule has 0 aromatic heterocycles. The van der Waals surface area contributed by atoms with Crippen molar-refractivity contribution >= 4 is 0 Å². The molecule has 1 saturated carbocycles. The minimum Gasteiger partial charge on any atom is -0.330 e. The van der Waals surface area contributed by atoms with E-state index in [1.807, 2.05) is 0 Å². The zero-order valence-electron chi connectivity index (χ0n) is 13.5. The van der Waals surface area contributed by atoms with Crippen molar-refractivity contribution in [3.8, 4) is 0 Å². The largest absolute Gasteiger partial charge is 0.330 e. The summed E-state index contributed by atoms with van der Waals surface area (Å²) in [6.07, 6.45) is 8.07. The van der Waals surface area contributed by atoms with Gasteiger partial charge in [0.1, 0.15) is 0 Å². The molecule has 1 heteroatoms.